The van der Waals surface area contributed by atoms with Gasteiger partial charge in [-0.05, 0) is 55.4 Å². The maximum absolute atomic E-state index is 13.0. The number of amides is 1. The van der Waals surface area contributed by atoms with Crippen LogP contribution >= 0.6 is 0 Å². The Morgan fingerprint density at radius 3 is 2.60 bits per heavy atom. The quantitative estimate of drug-likeness (QED) is 0.735. The summed E-state index contributed by atoms with van der Waals surface area (Å²) in [5.74, 6) is 0.115. The van der Waals surface area contributed by atoms with Gasteiger partial charge in [0.05, 0.1) is 0 Å². The first-order valence-corrected chi connectivity index (χ1v) is 9.14. The van der Waals surface area contributed by atoms with E-state index in [4.69, 9.17) is 0 Å². The van der Waals surface area contributed by atoms with Gasteiger partial charge in [0, 0.05) is 31.6 Å². The summed E-state index contributed by atoms with van der Waals surface area (Å²) in [4.78, 5) is 19.1. The van der Waals surface area contributed by atoms with Gasteiger partial charge in [-0.25, -0.2) is 0 Å². The normalized spacial score (nSPS) is 14.2. The van der Waals surface area contributed by atoms with Crippen molar-refractivity contribution in [2.24, 2.45) is 0 Å². The summed E-state index contributed by atoms with van der Waals surface area (Å²) in [6, 6.07) is 12.2. The van der Waals surface area contributed by atoms with E-state index in [-0.39, 0.29) is 5.91 Å². The molecule has 3 heteroatoms. The molecule has 1 amide bonds. The SMILES string of the molecule is Cc1ccccc1CN(Cc1cccnc1)C(=O)C=C1CCCCC1. The summed E-state index contributed by atoms with van der Waals surface area (Å²) >= 11 is 0. The van der Waals surface area contributed by atoms with Crippen LogP contribution < -0.4 is 0 Å². The van der Waals surface area contributed by atoms with Gasteiger partial charge in [-0.1, -0.05) is 42.3 Å². The second kappa shape index (κ2) is 8.61. The molecule has 0 atom stereocenters. The van der Waals surface area contributed by atoms with E-state index in [0.29, 0.717) is 13.1 Å². The Morgan fingerprint density at radius 1 is 1.08 bits per heavy atom. The van der Waals surface area contributed by atoms with Crippen molar-refractivity contribution in [3.63, 3.8) is 0 Å². The second-order valence-electron chi connectivity index (χ2n) is 6.85. The Kier molecular flexibility index (Phi) is 5.99. The number of hydrogen-bond acceptors (Lipinski definition) is 2. The Hall–Kier alpha value is -2.42. The molecule has 1 heterocycles. The number of carbonyl (C=O) groups is 1. The van der Waals surface area contributed by atoms with Crippen LogP contribution in [0.1, 0.15) is 48.8 Å². The van der Waals surface area contributed by atoms with Gasteiger partial charge in [0.25, 0.3) is 0 Å². The van der Waals surface area contributed by atoms with Crippen LogP contribution in [0.5, 0.6) is 0 Å². The van der Waals surface area contributed by atoms with Crippen LogP contribution in [0.3, 0.4) is 0 Å². The van der Waals surface area contributed by atoms with Crippen LogP contribution in [0.4, 0.5) is 0 Å². The number of nitrogens with zero attached hydrogens (tertiary/aromatic N) is 2. The summed E-state index contributed by atoms with van der Waals surface area (Å²) in [6.07, 6.45) is 11.3. The smallest absolute Gasteiger partial charge is 0.247 e. The van der Waals surface area contributed by atoms with Crippen LogP contribution in [0.2, 0.25) is 0 Å². The maximum atomic E-state index is 13.0. The van der Waals surface area contributed by atoms with Crippen molar-refractivity contribution in [1.82, 2.24) is 9.88 Å². The van der Waals surface area contributed by atoms with Crippen molar-refractivity contribution in [3.05, 3.63) is 77.1 Å². The molecule has 0 saturated heterocycles. The van der Waals surface area contributed by atoms with E-state index in [1.807, 2.05) is 41.4 Å². The number of pyridine rings is 1. The van der Waals surface area contributed by atoms with Crippen LogP contribution in [-0.4, -0.2) is 15.8 Å². The summed E-state index contributed by atoms with van der Waals surface area (Å²) in [7, 11) is 0. The van der Waals surface area contributed by atoms with Gasteiger partial charge in [0.2, 0.25) is 5.91 Å². The van der Waals surface area contributed by atoms with Gasteiger partial charge in [-0.2, -0.15) is 0 Å². The zero-order valence-corrected chi connectivity index (χ0v) is 14.9. The number of hydrogen-bond donors (Lipinski definition) is 0. The molecular weight excluding hydrogens is 308 g/mol. The predicted octanol–water partition coefficient (Wildman–Crippen LogP) is 4.81. The van der Waals surface area contributed by atoms with E-state index >= 15 is 0 Å². The predicted molar refractivity (Wildman–Crippen MR) is 101 cm³/mol. The van der Waals surface area contributed by atoms with Gasteiger partial charge in [0.1, 0.15) is 0 Å². The van der Waals surface area contributed by atoms with Crippen molar-refractivity contribution in [2.45, 2.75) is 52.1 Å². The van der Waals surface area contributed by atoms with Gasteiger partial charge >= 0.3 is 0 Å². The molecule has 0 unspecified atom stereocenters. The van der Waals surface area contributed by atoms with Gasteiger partial charge in [0.15, 0.2) is 0 Å². The number of aryl methyl sites for hydroxylation is 1. The fraction of sp³-hybridized carbons (Fsp3) is 0.364. The molecule has 0 radical (unpaired) electrons. The zero-order valence-electron chi connectivity index (χ0n) is 14.9. The average molecular weight is 334 g/mol. The van der Waals surface area contributed by atoms with Crippen molar-refractivity contribution < 1.29 is 4.79 Å². The van der Waals surface area contributed by atoms with Gasteiger partial charge in [-0.3, -0.25) is 9.78 Å². The number of rotatable bonds is 5. The molecular formula is C22H26N2O. The molecule has 3 rings (SSSR count). The number of carbonyl (C=O) groups excluding carboxylic acids is 1. The largest absolute Gasteiger partial charge is 0.330 e. The highest BCUT2D eigenvalue weighted by atomic mass is 16.2. The van der Waals surface area contributed by atoms with Crippen LogP contribution in [0, 0.1) is 6.92 Å². The topological polar surface area (TPSA) is 33.2 Å². The third kappa shape index (κ3) is 5.02. The van der Waals surface area contributed by atoms with Crippen LogP contribution in [0.15, 0.2) is 60.4 Å². The van der Waals surface area contributed by atoms with Gasteiger partial charge < -0.3 is 4.90 Å². The molecule has 130 valence electrons. The molecule has 1 aliphatic rings. The minimum Gasteiger partial charge on any atom is -0.330 e. The Labute approximate surface area is 150 Å². The minimum atomic E-state index is 0.115. The lowest BCUT2D eigenvalue weighted by atomic mass is 9.94. The van der Waals surface area contributed by atoms with E-state index in [2.05, 4.69) is 24.0 Å². The third-order valence-electron chi connectivity index (χ3n) is 4.85. The van der Waals surface area contributed by atoms with Crippen molar-refractivity contribution in [1.29, 1.82) is 0 Å². The molecule has 0 N–H and O–H groups in total. The zero-order chi connectivity index (χ0) is 17.5. The molecule has 1 aromatic carbocycles. The number of aromatic nitrogens is 1. The molecule has 1 aromatic heterocycles. The molecule has 1 fully saturated rings. The summed E-state index contributed by atoms with van der Waals surface area (Å²) in [5.41, 5.74) is 4.78. The highest BCUT2D eigenvalue weighted by Gasteiger charge is 2.16. The molecule has 0 aliphatic heterocycles. The molecule has 2 aromatic rings. The minimum absolute atomic E-state index is 0.115. The summed E-state index contributed by atoms with van der Waals surface area (Å²) in [6.45, 7) is 3.32. The van der Waals surface area contributed by atoms with E-state index in [9.17, 15) is 4.79 Å². The first kappa shape index (κ1) is 17.4. The molecule has 3 nitrogen and oxygen atoms in total. The Morgan fingerprint density at radius 2 is 1.88 bits per heavy atom. The second-order valence-corrected chi connectivity index (χ2v) is 6.85. The number of benzene rings is 1. The van der Waals surface area contributed by atoms with Crippen molar-refractivity contribution in [2.75, 3.05) is 0 Å². The molecule has 25 heavy (non-hydrogen) atoms. The standard InChI is InChI=1S/C22H26N2O/c1-18-8-5-6-12-21(18)17-24(16-20-11-7-13-23-15-20)22(25)14-19-9-3-2-4-10-19/h5-8,11-15H,2-4,9-10,16-17H2,1H3. The Balaban J connectivity index is 1.80. The average Bonchev–Trinajstić information content (AvgIpc) is 2.64. The van der Waals surface area contributed by atoms with Crippen LogP contribution in [0.25, 0.3) is 0 Å². The maximum Gasteiger partial charge on any atom is 0.247 e. The highest BCUT2D eigenvalue weighted by Crippen LogP contribution is 2.23. The van der Waals surface area contributed by atoms with Crippen LogP contribution in [-0.2, 0) is 17.9 Å². The summed E-state index contributed by atoms with van der Waals surface area (Å²) in [5, 5.41) is 0. The third-order valence-corrected chi connectivity index (χ3v) is 4.85. The monoisotopic (exact) mass is 334 g/mol. The highest BCUT2D eigenvalue weighted by molar-refractivity contribution is 5.88. The lowest BCUT2D eigenvalue weighted by Gasteiger charge is -2.23. The lowest BCUT2D eigenvalue weighted by Crippen LogP contribution is -2.29. The van der Waals surface area contributed by atoms with E-state index in [1.54, 1.807) is 6.20 Å². The molecule has 0 spiro atoms. The first-order valence-electron chi connectivity index (χ1n) is 9.14. The molecule has 0 bridgehead atoms. The van der Waals surface area contributed by atoms with E-state index in [1.165, 1.54) is 36.0 Å². The fourth-order valence-corrected chi connectivity index (χ4v) is 3.33. The van der Waals surface area contributed by atoms with E-state index < -0.39 is 0 Å². The lowest BCUT2D eigenvalue weighted by molar-refractivity contribution is -0.127. The molecule has 1 saturated carbocycles. The first-order chi connectivity index (χ1) is 12.2. The van der Waals surface area contributed by atoms with Gasteiger partial charge in [-0.15, -0.1) is 0 Å². The Bertz CT molecular complexity index is 729. The van der Waals surface area contributed by atoms with E-state index in [0.717, 1.165) is 18.4 Å². The fourth-order valence-electron chi connectivity index (χ4n) is 3.33. The van der Waals surface area contributed by atoms with Crippen molar-refractivity contribution >= 4 is 5.91 Å². The molecule has 1 aliphatic carbocycles. The number of allylic oxidation sites excluding steroid dienone is 1. The van der Waals surface area contributed by atoms with Crippen molar-refractivity contribution in [3.8, 4) is 0 Å². The summed E-state index contributed by atoms with van der Waals surface area (Å²) < 4.78 is 0.